The molecule has 0 aromatic rings. The largest absolute Gasteiger partial charge is 0.339 e. The number of hydrogen-bond donors (Lipinski definition) is 1. The smallest absolute Gasteiger partial charge is 0.227 e. The first-order chi connectivity index (χ1) is 8.65. The lowest BCUT2D eigenvalue weighted by molar-refractivity contribution is -0.140. The summed E-state index contributed by atoms with van der Waals surface area (Å²) in [6, 6.07) is 0.835. The summed E-state index contributed by atoms with van der Waals surface area (Å²) in [5.74, 6) is 0.201. The van der Waals surface area contributed by atoms with E-state index in [1.807, 2.05) is 4.90 Å². The number of nitrogens with zero attached hydrogens (tertiary/aromatic N) is 2. The first-order valence-corrected chi connectivity index (χ1v) is 7.36. The molecule has 3 atom stereocenters. The van der Waals surface area contributed by atoms with Crippen LogP contribution in [-0.2, 0) is 4.79 Å². The van der Waals surface area contributed by atoms with Crippen molar-refractivity contribution in [3.05, 3.63) is 0 Å². The molecule has 0 radical (unpaired) electrons. The fraction of sp³-hybridized carbons (Fsp3) is 0.933. The molecule has 0 aromatic heterocycles. The minimum atomic E-state index is -0.0391. The topological polar surface area (TPSA) is 49.6 Å². The van der Waals surface area contributed by atoms with Crippen molar-refractivity contribution in [3.63, 3.8) is 0 Å². The molecule has 0 bridgehead atoms. The van der Waals surface area contributed by atoms with Crippen LogP contribution in [0.2, 0.25) is 0 Å². The summed E-state index contributed by atoms with van der Waals surface area (Å²) < 4.78 is 0. The predicted octanol–water partition coefficient (Wildman–Crippen LogP) is 1.55. The summed E-state index contributed by atoms with van der Waals surface area (Å²) in [7, 11) is 2.13. The Labute approximate surface area is 118 Å². The zero-order valence-corrected chi connectivity index (χ0v) is 13.4. The second-order valence-corrected chi connectivity index (χ2v) is 7.30. The van der Waals surface area contributed by atoms with E-state index in [4.69, 9.17) is 5.73 Å². The van der Waals surface area contributed by atoms with E-state index in [0.717, 1.165) is 19.5 Å². The Hall–Kier alpha value is -0.610. The second kappa shape index (κ2) is 6.23. The number of carbonyl (C=O) groups excluding carboxylic acids is 1. The SMILES string of the molecule is CC1CN(C(=O)C(CN)CC(C)(C)C)CC(C)N1C. The van der Waals surface area contributed by atoms with E-state index in [-0.39, 0.29) is 17.2 Å². The third-order valence-electron chi connectivity index (χ3n) is 4.16. The van der Waals surface area contributed by atoms with Gasteiger partial charge in [0.25, 0.3) is 0 Å². The van der Waals surface area contributed by atoms with Gasteiger partial charge in [0.05, 0.1) is 5.92 Å². The van der Waals surface area contributed by atoms with Crippen LogP contribution in [0.3, 0.4) is 0 Å². The van der Waals surface area contributed by atoms with Gasteiger partial charge in [-0.25, -0.2) is 0 Å². The lowest BCUT2D eigenvalue weighted by Crippen LogP contribution is -2.58. The van der Waals surface area contributed by atoms with Crippen LogP contribution >= 0.6 is 0 Å². The molecule has 0 aromatic carbocycles. The van der Waals surface area contributed by atoms with Crippen LogP contribution in [0.4, 0.5) is 0 Å². The van der Waals surface area contributed by atoms with Crippen LogP contribution in [0.1, 0.15) is 41.0 Å². The normalized spacial score (nSPS) is 27.4. The highest BCUT2D eigenvalue weighted by atomic mass is 16.2. The quantitative estimate of drug-likeness (QED) is 0.845. The van der Waals surface area contributed by atoms with E-state index in [1.54, 1.807) is 0 Å². The Balaban J connectivity index is 2.70. The molecule has 1 rings (SSSR count). The zero-order valence-electron chi connectivity index (χ0n) is 13.4. The van der Waals surface area contributed by atoms with Crippen molar-refractivity contribution in [1.82, 2.24) is 9.80 Å². The molecule has 4 heteroatoms. The molecule has 1 aliphatic rings. The average molecular weight is 269 g/mol. The van der Waals surface area contributed by atoms with Gasteiger partial charge in [0.15, 0.2) is 0 Å². The summed E-state index contributed by atoms with van der Waals surface area (Å²) in [6.45, 7) is 12.9. The maximum Gasteiger partial charge on any atom is 0.227 e. The van der Waals surface area contributed by atoms with Gasteiger partial charge in [-0.15, -0.1) is 0 Å². The molecule has 1 fully saturated rings. The van der Waals surface area contributed by atoms with Crippen LogP contribution in [0.25, 0.3) is 0 Å². The predicted molar refractivity (Wildman–Crippen MR) is 79.9 cm³/mol. The molecule has 4 nitrogen and oxygen atoms in total. The number of rotatable bonds is 3. The Bertz CT molecular complexity index is 299. The van der Waals surface area contributed by atoms with Gasteiger partial charge in [-0.3, -0.25) is 9.69 Å². The molecular formula is C15H31N3O. The van der Waals surface area contributed by atoms with Gasteiger partial charge < -0.3 is 10.6 Å². The molecule has 0 spiro atoms. The van der Waals surface area contributed by atoms with Crippen LogP contribution < -0.4 is 5.73 Å². The molecule has 1 heterocycles. The first kappa shape index (κ1) is 16.4. The van der Waals surface area contributed by atoms with Gasteiger partial charge in [0, 0.05) is 31.7 Å². The lowest BCUT2D eigenvalue weighted by Gasteiger charge is -2.43. The minimum absolute atomic E-state index is 0.0391. The summed E-state index contributed by atoms with van der Waals surface area (Å²) in [6.07, 6.45) is 0.859. The van der Waals surface area contributed by atoms with Gasteiger partial charge in [0.2, 0.25) is 5.91 Å². The molecule has 3 unspecified atom stereocenters. The third kappa shape index (κ3) is 4.46. The highest BCUT2D eigenvalue weighted by Crippen LogP contribution is 2.26. The van der Waals surface area contributed by atoms with E-state index in [2.05, 4.69) is 46.6 Å². The summed E-state index contributed by atoms with van der Waals surface area (Å²) in [4.78, 5) is 17.0. The minimum Gasteiger partial charge on any atom is -0.339 e. The summed E-state index contributed by atoms with van der Waals surface area (Å²) in [5, 5.41) is 0. The van der Waals surface area contributed by atoms with Gasteiger partial charge in [0.1, 0.15) is 0 Å². The van der Waals surface area contributed by atoms with E-state index < -0.39 is 0 Å². The maximum absolute atomic E-state index is 12.6. The highest BCUT2D eigenvalue weighted by Gasteiger charge is 2.33. The zero-order chi connectivity index (χ0) is 14.8. The fourth-order valence-corrected chi connectivity index (χ4v) is 2.85. The van der Waals surface area contributed by atoms with Gasteiger partial charge in [-0.05, 0) is 32.7 Å². The van der Waals surface area contributed by atoms with Crippen molar-refractivity contribution in [2.75, 3.05) is 26.7 Å². The molecule has 0 aliphatic carbocycles. The van der Waals surface area contributed by atoms with E-state index in [0.29, 0.717) is 18.6 Å². The van der Waals surface area contributed by atoms with Crippen LogP contribution in [-0.4, -0.2) is 54.5 Å². The Morgan fingerprint density at radius 1 is 1.26 bits per heavy atom. The number of piperazine rings is 1. The molecule has 19 heavy (non-hydrogen) atoms. The standard InChI is InChI=1S/C15H31N3O/c1-11-9-18(10-12(2)17(11)6)14(19)13(8-16)7-15(3,4)5/h11-13H,7-10,16H2,1-6H3. The third-order valence-corrected chi connectivity index (χ3v) is 4.16. The van der Waals surface area contributed by atoms with Gasteiger partial charge >= 0.3 is 0 Å². The van der Waals surface area contributed by atoms with Crippen LogP contribution in [0.15, 0.2) is 0 Å². The number of carbonyl (C=O) groups is 1. The lowest BCUT2D eigenvalue weighted by atomic mass is 9.84. The van der Waals surface area contributed by atoms with Gasteiger partial charge in [-0.1, -0.05) is 20.8 Å². The summed E-state index contributed by atoms with van der Waals surface area (Å²) in [5.41, 5.74) is 5.97. The Morgan fingerprint density at radius 2 is 1.74 bits per heavy atom. The second-order valence-electron chi connectivity index (χ2n) is 7.30. The van der Waals surface area contributed by atoms with Crippen LogP contribution in [0.5, 0.6) is 0 Å². The summed E-state index contributed by atoms with van der Waals surface area (Å²) >= 11 is 0. The van der Waals surface area contributed by atoms with E-state index in [1.165, 1.54) is 0 Å². The van der Waals surface area contributed by atoms with Crippen molar-refractivity contribution >= 4 is 5.91 Å². The number of likely N-dealkylation sites (N-methyl/N-ethyl adjacent to an activating group) is 1. The number of hydrogen-bond acceptors (Lipinski definition) is 3. The Morgan fingerprint density at radius 3 is 2.11 bits per heavy atom. The van der Waals surface area contributed by atoms with Crippen molar-refractivity contribution in [3.8, 4) is 0 Å². The Kier molecular flexibility index (Phi) is 5.39. The average Bonchev–Trinajstić information content (AvgIpc) is 2.30. The van der Waals surface area contributed by atoms with Crippen molar-refractivity contribution < 1.29 is 4.79 Å². The molecule has 0 saturated carbocycles. The number of amides is 1. The molecule has 1 amide bonds. The molecule has 2 N–H and O–H groups in total. The maximum atomic E-state index is 12.6. The monoisotopic (exact) mass is 269 g/mol. The molecular weight excluding hydrogens is 238 g/mol. The molecule has 1 saturated heterocycles. The van der Waals surface area contributed by atoms with E-state index in [9.17, 15) is 4.79 Å². The first-order valence-electron chi connectivity index (χ1n) is 7.36. The fourth-order valence-electron chi connectivity index (χ4n) is 2.85. The van der Waals surface area contributed by atoms with Crippen LogP contribution in [0, 0.1) is 11.3 Å². The molecule has 112 valence electrons. The highest BCUT2D eigenvalue weighted by molar-refractivity contribution is 5.79. The van der Waals surface area contributed by atoms with Crippen molar-refractivity contribution in [2.24, 2.45) is 17.1 Å². The van der Waals surface area contributed by atoms with Crippen molar-refractivity contribution in [1.29, 1.82) is 0 Å². The van der Waals surface area contributed by atoms with Crippen molar-refractivity contribution in [2.45, 2.75) is 53.1 Å². The number of nitrogens with two attached hydrogens (primary N) is 1. The molecule has 1 aliphatic heterocycles. The van der Waals surface area contributed by atoms with Gasteiger partial charge in [-0.2, -0.15) is 0 Å². The van der Waals surface area contributed by atoms with E-state index >= 15 is 0 Å².